The Kier molecular flexibility index (Phi) is 2.28. The zero-order valence-electron chi connectivity index (χ0n) is 3.84. The van der Waals surface area contributed by atoms with E-state index in [1.807, 2.05) is 0 Å². The molecule has 0 aromatic heterocycles. The summed E-state index contributed by atoms with van der Waals surface area (Å²) in [6.45, 7) is 0. The summed E-state index contributed by atoms with van der Waals surface area (Å²) in [4.78, 5) is 0. The predicted octanol–water partition coefficient (Wildman–Crippen LogP) is 1.81. The molecule has 1 aliphatic heterocycles. The van der Waals surface area contributed by atoms with Gasteiger partial charge in [0.2, 0.25) is 0 Å². The van der Waals surface area contributed by atoms with Gasteiger partial charge in [-0.05, 0) is 0 Å². The van der Waals surface area contributed by atoms with Crippen LogP contribution in [0.5, 0.6) is 0 Å². The Bertz CT molecular complexity index is 94.6. The first kappa shape index (κ1) is 5.72. The van der Waals surface area contributed by atoms with Crippen molar-refractivity contribution >= 4 is 27.9 Å². The van der Waals surface area contributed by atoms with Crippen molar-refractivity contribution in [1.29, 1.82) is 0 Å². The Balaban J connectivity index is 2.49. The molecule has 1 aliphatic rings. The maximum absolute atomic E-state index is 5.83. The van der Waals surface area contributed by atoms with Crippen molar-refractivity contribution in [3.05, 3.63) is 20.2 Å². The molecule has 0 spiro atoms. The molecule has 7 heavy (non-hydrogen) atoms. The Morgan fingerprint density at radius 3 is 2.14 bits per heavy atom. The molecule has 2 heteroatoms. The topological polar surface area (TPSA) is 0 Å². The van der Waals surface area contributed by atoms with Crippen molar-refractivity contribution in [3.8, 4) is 0 Å². The van der Waals surface area contributed by atoms with Gasteiger partial charge < -0.3 is 0 Å². The number of hydrogen-bond donors (Lipinski definition) is 0. The maximum atomic E-state index is 5.83. The van der Waals surface area contributed by atoms with Gasteiger partial charge in [0.15, 0.2) is 0 Å². The summed E-state index contributed by atoms with van der Waals surface area (Å²) in [5.41, 5.74) is 0. The Morgan fingerprint density at radius 1 is 1.29 bits per heavy atom. The zero-order valence-corrected chi connectivity index (χ0v) is 7.15. The zero-order chi connectivity index (χ0) is 5.11. The van der Waals surface area contributed by atoms with E-state index in [4.69, 9.17) is 8.83 Å². The van der Waals surface area contributed by atoms with Gasteiger partial charge in [-0.2, -0.15) is 0 Å². The van der Waals surface area contributed by atoms with Crippen LogP contribution in [0.15, 0.2) is 20.2 Å². The van der Waals surface area contributed by atoms with Crippen LogP contribution in [0.4, 0.5) is 0 Å². The van der Waals surface area contributed by atoms with Gasteiger partial charge in [-0.3, -0.25) is 0 Å². The number of halogens is 1. The van der Waals surface area contributed by atoms with E-state index in [0.717, 1.165) is 6.42 Å². The second-order valence-corrected chi connectivity index (χ2v) is 7.64. The van der Waals surface area contributed by atoms with Crippen LogP contribution in [0, 0.1) is 0 Å². The molecule has 38 valence electrons. The molecule has 0 amide bonds. The normalized spacial score (nSPS) is 20.7. The summed E-state index contributed by atoms with van der Waals surface area (Å²) < 4.78 is 4.34. The predicted molar refractivity (Wildman–Crippen MR) is 34.5 cm³/mol. The van der Waals surface area contributed by atoms with Gasteiger partial charge in [-0.15, -0.1) is 0 Å². The van der Waals surface area contributed by atoms with Crippen LogP contribution in [0.3, 0.4) is 0 Å². The van der Waals surface area contributed by atoms with Gasteiger partial charge in [-0.25, -0.2) is 0 Å². The summed E-state index contributed by atoms with van der Waals surface area (Å²) in [6.07, 6.45) is 5.39. The first-order valence-electron chi connectivity index (χ1n) is 2.17. The van der Waals surface area contributed by atoms with Crippen molar-refractivity contribution in [2.45, 2.75) is 6.42 Å². The molecule has 0 aliphatic carbocycles. The van der Waals surface area contributed by atoms with E-state index < -0.39 is 19.1 Å². The third-order valence-electron chi connectivity index (χ3n) is 0.768. The van der Waals surface area contributed by atoms with Crippen molar-refractivity contribution < 1.29 is 0 Å². The number of allylic oxidation sites excluding steroid dienone is 2. The fourth-order valence-electron chi connectivity index (χ4n) is 0.451. The van der Waals surface area contributed by atoms with Gasteiger partial charge in [0, 0.05) is 0 Å². The SMILES string of the molecule is [Cl][Sb]1[CH]=CCC=[CH]1. The molecule has 0 saturated heterocycles. The molecular weight excluding hydrogens is 217 g/mol. The van der Waals surface area contributed by atoms with E-state index >= 15 is 0 Å². The third-order valence-corrected chi connectivity index (χ3v) is 5.11. The molecule has 0 nitrogen and oxygen atoms in total. The van der Waals surface area contributed by atoms with Gasteiger partial charge in [-0.1, -0.05) is 0 Å². The summed E-state index contributed by atoms with van der Waals surface area (Å²) in [6, 6.07) is 0. The average Bonchev–Trinajstić information content (AvgIpc) is 1.69. The van der Waals surface area contributed by atoms with Crippen LogP contribution in [0.1, 0.15) is 6.42 Å². The van der Waals surface area contributed by atoms with Gasteiger partial charge in [0.25, 0.3) is 0 Å². The second kappa shape index (κ2) is 2.79. The monoisotopic (exact) mass is 222 g/mol. The first-order chi connectivity index (χ1) is 3.39. The average molecular weight is 223 g/mol. The molecule has 0 bridgehead atoms. The molecule has 0 atom stereocenters. The fourth-order valence-corrected chi connectivity index (χ4v) is 3.65. The standard InChI is InChI=1S/C5H6.ClH.Sb/c1-3-5-4-2;;/h1-4H,5H2;1H;/q;;+1/p-1. The van der Waals surface area contributed by atoms with E-state index in [2.05, 4.69) is 20.2 Å². The minimum absolute atomic E-state index is 1.09. The van der Waals surface area contributed by atoms with Crippen LogP contribution in [0.25, 0.3) is 0 Å². The van der Waals surface area contributed by atoms with Gasteiger partial charge in [0.1, 0.15) is 0 Å². The Morgan fingerprint density at radius 2 is 1.86 bits per heavy atom. The van der Waals surface area contributed by atoms with Crippen molar-refractivity contribution in [2.24, 2.45) is 0 Å². The number of rotatable bonds is 0. The molecule has 0 aromatic carbocycles. The summed E-state index contributed by atoms with van der Waals surface area (Å²) in [5.74, 6) is 0. The van der Waals surface area contributed by atoms with E-state index in [1.165, 1.54) is 0 Å². The van der Waals surface area contributed by atoms with Crippen LogP contribution < -0.4 is 0 Å². The van der Waals surface area contributed by atoms with Crippen LogP contribution in [0.2, 0.25) is 0 Å². The molecule has 1 rings (SSSR count). The van der Waals surface area contributed by atoms with E-state index in [0.29, 0.717) is 0 Å². The molecule has 1 heterocycles. The minimum atomic E-state index is -1.35. The van der Waals surface area contributed by atoms with E-state index in [9.17, 15) is 0 Å². The first-order valence-corrected chi connectivity index (χ1v) is 8.35. The van der Waals surface area contributed by atoms with E-state index in [-0.39, 0.29) is 0 Å². The van der Waals surface area contributed by atoms with Crippen molar-refractivity contribution in [3.63, 3.8) is 0 Å². The van der Waals surface area contributed by atoms with Crippen LogP contribution >= 0.6 is 8.83 Å². The number of hydrogen-bond acceptors (Lipinski definition) is 0. The molecular formula is C5H6ClSb. The molecule has 0 N–H and O–H groups in total. The molecule has 0 radical (unpaired) electrons. The molecule has 0 aromatic rings. The summed E-state index contributed by atoms with van der Waals surface area (Å²) >= 11 is -1.35. The van der Waals surface area contributed by atoms with Gasteiger partial charge in [0.05, 0.1) is 0 Å². The van der Waals surface area contributed by atoms with Crippen molar-refractivity contribution in [2.75, 3.05) is 0 Å². The Labute approximate surface area is 54.5 Å². The molecule has 0 unspecified atom stereocenters. The fraction of sp³-hybridized carbons (Fsp3) is 0.200. The van der Waals surface area contributed by atoms with Crippen LogP contribution in [-0.2, 0) is 0 Å². The summed E-state index contributed by atoms with van der Waals surface area (Å²) in [5, 5.41) is 0. The van der Waals surface area contributed by atoms with E-state index in [1.54, 1.807) is 0 Å². The summed E-state index contributed by atoms with van der Waals surface area (Å²) in [7, 11) is 5.83. The molecule has 0 fully saturated rings. The quantitative estimate of drug-likeness (QED) is 0.549. The Hall–Kier alpha value is 0.588. The second-order valence-electron chi connectivity index (χ2n) is 1.35. The van der Waals surface area contributed by atoms with Crippen LogP contribution in [-0.4, -0.2) is 19.1 Å². The molecule has 0 saturated carbocycles. The van der Waals surface area contributed by atoms with Crippen molar-refractivity contribution in [1.82, 2.24) is 0 Å². The van der Waals surface area contributed by atoms with Gasteiger partial charge >= 0.3 is 54.5 Å². The third kappa shape index (κ3) is 1.88.